The van der Waals surface area contributed by atoms with Crippen LogP contribution < -0.4 is 5.32 Å². The van der Waals surface area contributed by atoms with Gasteiger partial charge in [-0.25, -0.2) is 0 Å². The quantitative estimate of drug-likeness (QED) is 0.850. The molecular weight excluding hydrogens is 245 g/mol. The van der Waals surface area contributed by atoms with Crippen LogP contribution in [0.4, 0.5) is 0 Å². The smallest absolute Gasteiger partial charge is 0.0624 e. The van der Waals surface area contributed by atoms with E-state index in [1.165, 1.54) is 0 Å². The molecular formula is C12H17Cl2NO. The van der Waals surface area contributed by atoms with Crippen LogP contribution in [0.25, 0.3) is 0 Å². The number of likely N-dealkylation sites (N-methyl/N-ethyl adjacent to an activating group) is 1. The Morgan fingerprint density at radius 3 is 2.75 bits per heavy atom. The van der Waals surface area contributed by atoms with E-state index in [0.29, 0.717) is 16.7 Å². The number of ether oxygens (including phenoxy) is 1. The molecule has 0 saturated heterocycles. The molecule has 4 heteroatoms. The fourth-order valence-corrected chi connectivity index (χ4v) is 1.87. The largest absolute Gasteiger partial charge is 0.380 e. The lowest BCUT2D eigenvalue weighted by Gasteiger charge is -2.17. The Morgan fingerprint density at radius 1 is 1.38 bits per heavy atom. The molecule has 0 aromatic heterocycles. The van der Waals surface area contributed by atoms with Crippen LogP contribution in [0.5, 0.6) is 0 Å². The van der Waals surface area contributed by atoms with Gasteiger partial charge in [-0.05, 0) is 32.0 Å². The number of hydrogen-bond acceptors (Lipinski definition) is 2. The predicted octanol–water partition coefficient (Wildman–Crippen LogP) is 3.16. The first-order valence-electron chi connectivity index (χ1n) is 5.37. The maximum atomic E-state index is 6.13. The summed E-state index contributed by atoms with van der Waals surface area (Å²) < 4.78 is 5.39. The molecule has 0 bridgehead atoms. The van der Waals surface area contributed by atoms with Gasteiger partial charge < -0.3 is 10.1 Å². The molecule has 0 spiro atoms. The number of hydrogen-bond donors (Lipinski definition) is 1. The van der Waals surface area contributed by atoms with Gasteiger partial charge in [0.15, 0.2) is 0 Å². The molecule has 0 aliphatic carbocycles. The van der Waals surface area contributed by atoms with Gasteiger partial charge in [-0.3, -0.25) is 0 Å². The van der Waals surface area contributed by atoms with Crippen LogP contribution in [0, 0.1) is 0 Å². The van der Waals surface area contributed by atoms with Gasteiger partial charge in [-0.15, -0.1) is 0 Å². The predicted molar refractivity (Wildman–Crippen MR) is 69.5 cm³/mol. The van der Waals surface area contributed by atoms with Crippen molar-refractivity contribution in [2.24, 2.45) is 0 Å². The maximum Gasteiger partial charge on any atom is 0.0624 e. The SMILES string of the molecule is CCOCC(Cc1cccc(Cl)c1Cl)NC. The van der Waals surface area contributed by atoms with Crippen molar-refractivity contribution in [2.75, 3.05) is 20.3 Å². The Labute approximate surface area is 107 Å². The van der Waals surface area contributed by atoms with E-state index in [2.05, 4.69) is 5.32 Å². The fourth-order valence-electron chi connectivity index (χ4n) is 1.48. The average molecular weight is 262 g/mol. The van der Waals surface area contributed by atoms with Crippen molar-refractivity contribution in [3.05, 3.63) is 33.8 Å². The van der Waals surface area contributed by atoms with Gasteiger partial charge in [-0.2, -0.15) is 0 Å². The van der Waals surface area contributed by atoms with E-state index in [-0.39, 0.29) is 6.04 Å². The lowest BCUT2D eigenvalue weighted by Crippen LogP contribution is -2.32. The molecule has 1 aromatic carbocycles. The van der Waals surface area contributed by atoms with Crippen molar-refractivity contribution in [1.29, 1.82) is 0 Å². The molecule has 1 aromatic rings. The molecule has 16 heavy (non-hydrogen) atoms. The van der Waals surface area contributed by atoms with Crippen molar-refractivity contribution in [3.63, 3.8) is 0 Å². The molecule has 1 rings (SSSR count). The first kappa shape index (κ1) is 13.8. The lowest BCUT2D eigenvalue weighted by molar-refractivity contribution is 0.125. The van der Waals surface area contributed by atoms with E-state index in [4.69, 9.17) is 27.9 Å². The molecule has 0 radical (unpaired) electrons. The summed E-state index contributed by atoms with van der Waals surface area (Å²) in [6, 6.07) is 5.96. The zero-order chi connectivity index (χ0) is 12.0. The summed E-state index contributed by atoms with van der Waals surface area (Å²) in [6.45, 7) is 3.39. The van der Waals surface area contributed by atoms with E-state index >= 15 is 0 Å². The van der Waals surface area contributed by atoms with Gasteiger partial charge in [0.25, 0.3) is 0 Å². The van der Waals surface area contributed by atoms with Crippen molar-refractivity contribution in [2.45, 2.75) is 19.4 Å². The van der Waals surface area contributed by atoms with Crippen LogP contribution in [0.2, 0.25) is 10.0 Å². The standard InChI is InChI=1S/C12H17Cl2NO/c1-3-16-8-10(15-2)7-9-5-4-6-11(13)12(9)14/h4-6,10,15H,3,7-8H2,1-2H3. The summed E-state index contributed by atoms with van der Waals surface area (Å²) in [5.74, 6) is 0. The van der Waals surface area contributed by atoms with E-state index in [0.717, 1.165) is 18.6 Å². The third-order valence-electron chi connectivity index (χ3n) is 2.43. The van der Waals surface area contributed by atoms with Crippen LogP contribution in [0.1, 0.15) is 12.5 Å². The van der Waals surface area contributed by atoms with Crippen LogP contribution in [-0.4, -0.2) is 26.3 Å². The second-order valence-corrected chi connectivity index (χ2v) is 4.35. The van der Waals surface area contributed by atoms with Crippen LogP contribution >= 0.6 is 23.2 Å². The van der Waals surface area contributed by atoms with Gasteiger partial charge in [0, 0.05) is 12.6 Å². The molecule has 1 N–H and O–H groups in total. The summed E-state index contributed by atoms with van der Waals surface area (Å²) in [7, 11) is 1.92. The molecule has 0 heterocycles. The van der Waals surface area contributed by atoms with Gasteiger partial charge in [-0.1, -0.05) is 35.3 Å². The summed E-state index contributed by atoms with van der Waals surface area (Å²) in [4.78, 5) is 0. The minimum atomic E-state index is 0.260. The van der Waals surface area contributed by atoms with Crippen molar-refractivity contribution in [3.8, 4) is 0 Å². The molecule has 0 aliphatic heterocycles. The van der Waals surface area contributed by atoms with Crippen LogP contribution in [0.3, 0.4) is 0 Å². The van der Waals surface area contributed by atoms with E-state index in [1.54, 1.807) is 6.07 Å². The third-order valence-corrected chi connectivity index (χ3v) is 3.29. The topological polar surface area (TPSA) is 21.3 Å². The molecule has 0 fully saturated rings. The van der Waals surface area contributed by atoms with E-state index < -0.39 is 0 Å². The molecule has 90 valence electrons. The summed E-state index contributed by atoms with van der Waals surface area (Å²) in [6.07, 6.45) is 0.815. The number of benzene rings is 1. The minimum Gasteiger partial charge on any atom is -0.380 e. The van der Waals surface area contributed by atoms with Crippen molar-refractivity contribution >= 4 is 23.2 Å². The van der Waals surface area contributed by atoms with Crippen LogP contribution in [0.15, 0.2) is 18.2 Å². The zero-order valence-electron chi connectivity index (χ0n) is 9.59. The van der Waals surface area contributed by atoms with Gasteiger partial charge >= 0.3 is 0 Å². The first-order valence-corrected chi connectivity index (χ1v) is 6.12. The molecule has 1 atom stereocenters. The van der Waals surface area contributed by atoms with Gasteiger partial charge in [0.1, 0.15) is 0 Å². The monoisotopic (exact) mass is 261 g/mol. The highest BCUT2D eigenvalue weighted by molar-refractivity contribution is 6.42. The molecule has 0 amide bonds. The van der Waals surface area contributed by atoms with Gasteiger partial charge in [0.2, 0.25) is 0 Å². The van der Waals surface area contributed by atoms with Crippen LogP contribution in [-0.2, 0) is 11.2 Å². The van der Waals surface area contributed by atoms with Gasteiger partial charge in [0.05, 0.1) is 16.7 Å². The van der Waals surface area contributed by atoms with Crippen molar-refractivity contribution < 1.29 is 4.74 Å². The Balaban J connectivity index is 2.66. The van der Waals surface area contributed by atoms with E-state index in [9.17, 15) is 0 Å². The second kappa shape index (κ2) is 7.13. The highest BCUT2D eigenvalue weighted by Gasteiger charge is 2.11. The Kier molecular flexibility index (Phi) is 6.14. The number of halogens is 2. The zero-order valence-corrected chi connectivity index (χ0v) is 11.1. The Bertz CT molecular complexity index is 331. The second-order valence-electron chi connectivity index (χ2n) is 3.56. The highest BCUT2D eigenvalue weighted by atomic mass is 35.5. The third kappa shape index (κ3) is 3.95. The minimum absolute atomic E-state index is 0.260. The molecule has 0 saturated carbocycles. The Hall–Kier alpha value is -0.280. The molecule has 0 aliphatic rings. The number of rotatable bonds is 6. The number of nitrogens with one attached hydrogen (secondary N) is 1. The Morgan fingerprint density at radius 2 is 2.12 bits per heavy atom. The molecule has 1 unspecified atom stereocenters. The average Bonchev–Trinajstić information content (AvgIpc) is 2.30. The lowest BCUT2D eigenvalue weighted by atomic mass is 10.1. The maximum absolute atomic E-state index is 6.13. The summed E-state index contributed by atoms with van der Waals surface area (Å²) in [5.41, 5.74) is 1.05. The molecule has 2 nitrogen and oxygen atoms in total. The highest BCUT2D eigenvalue weighted by Crippen LogP contribution is 2.26. The first-order chi connectivity index (χ1) is 7.69. The fraction of sp³-hybridized carbons (Fsp3) is 0.500. The summed E-state index contributed by atoms with van der Waals surface area (Å²) in [5, 5.41) is 4.45. The van der Waals surface area contributed by atoms with Crippen molar-refractivity contribution in [1.82, 2.24) is 5.32 Å². The van der Waals surface area contributed by atoms with E-state index in [1.807, 2.05) is 26.1 Å². The normalized spacial score (nSPS) is 12.8. The summed E-state index contributed by atoms with van der Waals surface area (Å²) >= 11 is 12.1.